The average molecular weight is 361 g/mol. The molecule has 1 saturated heterocycles. The van der Waals surface area contributed by atoms with Crippen LogP contribution in [0.3, 0.4) is 0 Å². The van der Waals surface area contributed by atoms with Crippen LogP contribution in [0.15, 0.2) is 0 Å². The summed E-state index contributed by atoms with van der Waals surface area (Å²) in [4.78, 5) is 36.5. The number of nitrogens with zero attached hydrogens (tertiary/aromatic N) is 3. The van der Waals surface area contributed by atoms with Crippen LogP contribution in [0, 0.1) is 6.92 Å². The predicted molar refractivity (Wildman–Crippen MR) is 84.9 cm³/mol. The van der Waals surface area contributed by atoms with Gasteiger partial charge in [0.2, 0.25) is 11.8 Å². The third-order valence-electron chi connectivity index (χ3n) is 3.38. The van der Waals surface area contributed by atoms with Crippen molar-refractivity contribution in [2.45, 2.75) is 12.3 Å². The second-order valence-corrected chi connectivity index (χ2v) is 6.38. The van der Waals surface area contributed by atoms with E-state index in [1.807, 2.05) is 0 Å². The normalized spacial score (nSPS) is 17.5. The van der Waals surface area contributed by atoms with E-state index < -0.39 is 11.9 Å². The zero-order valence-corrected chi connectivity index (χ0v) is 14.5. The third kappa shape index (κ3) is 3.78. The Morgan fingerprint density at radius 2 is 2.22 bits per heavy atom. The lowest BCUT2D eigenvalue weighted by molar-refractivity contribution is -0.141. The van der Waals surface area contributed by atoms with Crippen molar-refractivity contribution in [1.82, 2.24) is 20.0 Å². The summed E-state index contributed by atoms with van der Waals surface area (Å²) in [5.74, 6) is -0.885. The van der Waals surface area contributed by atoms with Gasteiger partial charge in [-0.1, -0.05) is 11.6 Å². The van der Waals surface area contributed by atoms with Crippen LogP contribution in [-0.4, -0.2) is 58.4 Å². The number of halogens is 1. The van der Waals surface area contributed by atoms with E-state index in [2.05, 4.69) is 15.2 Å². The number of amides is 2. The van der Waals surface area contributed by atoms with Crippen molar-refractivity contribution in [3.05, 3.63) is 16.4 Å². The first-order valence-electron chi connectivity index (χ1n) is 6.78. The molecule has 0 spiro atoms. The molecule has 2 rings (SSSR count). The Balaban J connectivity index is 2.11. The number of carbonyl (C=O) groups excluding carboxylic acids is 3. The van der Waals surface area contributed by atoms with Gasteiger partial charge >= 0.3 is 5.97 Å². The lowest BCUT2D eigenvalue weighted by Gasteiger charge is -2.23. The van der Waals surface area contributed by atoms with Crippen molar-refractivity contribution >= 4 is 41.1 Å². The summed E-state index contributed by atoms with van der Waals surface area (Å²) in [6.45, 7) is 1.42. The quantitative estimate of drug-likeness (QED) is 0.756. The molecular weight excluding hydrogens is 344 g/mol. The summed E-state index contributed by atoms with van der Waals surface area (Å²) in [5, 5.41) is 6.72. The second-order valence-electron chi connectivity index (χ2n) is 4.95. The molecular formula is C13H17ClN4O4S. The smallest absolute Gasteiger partial charge is 0.325 e. The van der Waals surface area contributed by atoms with Crippen LogP contribution in [-0.2, 0) is 26.2 Å². The number of ether oxygens (including phenoxy) is 1. The summed E-state index contributed by atoms with van der Waals surface area (Å²) in [6.07, 6.45) is 0. The highest BCUT2D eigenvalue weighted by atomic mass is 35.5. The number of hydrogen-bond acceptors (Lipinski definition) is 6. The maximum atomic E-state index is 12.1. The molecule has 1 unspecified atom stereocenters. The van der Waals surface area contributed by atoms with Gasteiger partial charge in [0.05, 0.1) is 18.6 Å². The molecule has 1 N–H and O–H groups in total. The van der Waals surface area contributed by atoms with Crippen molar-refractivity contribution in [3.8, 4) is 0 Å². The minimum atomic E-state index is -0.553. The van der Waals surface area contributed by atoms with Gasteiger partial charge in [0, 0.05) is 12.6 Å². The van der Waals surface area contributed by atoms with E-state index in [9.17, 15) is 14.4 Å². The van der Waals surface area contributed by atoms with Gasteiger partial charge in [-0.25, -0.2) is 0 Å². The van der Waals surface area contributed by atoms with Crippen LogP contribution in [0.25, 0.3) is 0 Å². The Bertz CT molecular complexity index is 648. The number of hydrogen-bond donors (Lipinski definition) is 1. The van der Waals surface area contributed by atoms with Gasteiger partial charge in [-0.3, -0.25) is 19.1 Å². The topological polar surface area (TPSA) is 93.5 Å². The molecule has 1 fully saturated rings. The lowest BCUT2D eigenvalue weighted by Crippen LogP contribution is -2.41. The molecule has 2 amide bonds. The Kier molecular flexibility index (Phi) is 5.53. The molecule has 1 aliphatic rings. The van der Waals surface area contributed by atoms with Crippen molar-refractivity contribution < 1.29 is 19.1 Å². The molecule has 0 aliphatic carbocycles. The molecule has 23 heavy (non-hydrogen) atoms. The van der Waals surface area contributed by atoms with Crippen LogP contribution >= 0.6 is 23.4 Å². The van der Waals surface area contributed by atoms with Crippen LogP contribution in [0.2, 0.25) is 5.15 Å². The Morgan fingerprint density at radius 3 is 2.78 bits per heavy atom. The summed E-state index contributed by atoms with van der Waals surface area (Å²) >= 11 is 7.64. The van der Waals surface area contributed by atoms with Gasteiger partial charge in [0.25, 0.3) is 0 Å². The van der Waals surface area contributed by atoms with E-state index >= 15 is 0 Å². The minimum Gasteiger partial charge on any atom is -0.468 e. The zero-order valence-electron chi connectivity index (χ0n) is 13.0. The van der Waals surface area contributed by atoms with Crippen molar-refractivity contribution in [2.75, 3.05) is 26.0 Å². The molecule has 0 aromatic carbocycles. The highest BCUT2D eigenvalue weighted by Crippen LogP contribution is 2.42. The third-order valence-corrected chi connectivity index (χ3v) is 5.05. The monoisotopic (exact) mass is 360 g/mol. The number of rotatable bonds is 5. The van der Waals surface area contributed by atoms with E-state index in [4.69, 9.17) is 11.6 Å². The van der Waals surface area contributed by atoms with E-state index in [-0.39, 0.29) is 30.1 Å². The number of carbonyl (C=O) groups is 3. The van der Waals surface area contributed by atoms with Gasteiger partial charge in [-0.15, -0.1) is 11.8 Å². The zero-order chi connectivity index (χ0) is 17.1. The fourth-order valence-corrected chi connectivity index (χ4v) is 3.87. The fourth-order valence-electron chi connectivity index (χ4n) is 2.24. The van der Waals surface area contributed by atoms with E-state index in [1.54, 1.807) is 14.0 Å². The van der Waals surface area contributed by atoms with Gasteiger partial charge < -0.3 is 15.0 Å². The molecule has 1 atom stereocenters. The van der Waals surface area contributed by atoms with Crippen molar-refractivity contribution in [1.29, 1.82) is 0 Å². The number of nitrogens with one attached hydrogen (secondary N) is 1. The number of thioether (sulfide) groups is 1. The lowest BCUT2D eigenvalue weighted by atomic mass is 10.2. The summed E-state index contributed by atoms with van der Waals surface area (Å²) in [7, 11) is 2.95. The summed E-state index contributed by atoms with van der Waals surface area (Å²) in [6, 6.07) is 0. The van der Waals surface area contributed by atoms with Crippen LogP contribution in [0.1, 0.15) is 16.6 Å². The van der Waals surface area contributed by atoms with Crippen molar-refractivity contribution in [3.63, 3.8) is 0 Å². The molecule has 1 aliphatic heterocycles. The van der Waals surface area contributed by atoms with Gasteiger partial charge in [-0.2, -0.15) is 5.10 Å². The SMILES string of the molecule is COC(=O)CNC(=O)CN1C(=O)CSC1c1c(C)nn(C)c1Cl. The molecule has 8 nitrogen and oxygen atoms in total. The van der Waals surface area contributed by atoms with Crippen LogP contribution < -0.4 is 5.32 Å². The fraction of sp³-hybridized carbons (Fsp3) is 0.538. The number of methoxy groups -OCH3 is 1. The molecule has 10 heteroatoms. The van der Waals surface area contributed by atoms with Gasteiger partial charge in [0.1, 0.15) is 23.6 Å². The Morgan fingerprint density at radius 1 is 1.52 bits per heavy atom. The van der Waals surface area contributed by atoms with E-state index in [1.165, 1.54) is 28.5 Å². The van der Waals surface area contributed by atoms with Crippen molar-refractivity contribution in [2.24, 2.45) is 7.05 Å². The maximum Gasteiger partial charge on any atom is 0.325 e. The number of aryl methyl sites for hydroxylation is 2. The van der Waals surface area contributed by atoms with Gasteiger partial charge in [0.15, 0.2) is 0 Å². The predicted octanol–water partition coefficient (Wildman–Crippen LogP) is 0.245. The molecule has 0 saturated carbocycles. The maximum absolute atomic E-state index is 12.1. The highest BCUT2D eigenvalue weighted by molar-refractivity contribution is 8.00. The largest absolute Gasteiger partial charge is 0.468 e. The molecule has 0 radical (unpaired) electrons. The minimum absolute atomic E-state index is 0.155. The standard InChI is InChI=1S/C13H17ClN4O4S/c1-7-11(12(14)17(2)16-7)13-18(9(20)6-23-13)5-8(19)15-4-10(21)22-3/h13H,4-6H2,1-3H3,(H,15,19). The first-order chi connectivity index (χ1) is 10.8. The molecule has 0 bridgehead atoms. The van der Waals surface area contributed by atoms with Crippen LogP contribution in [0.5, 0.6) is 0 Å². The summed E-state index contributed by atoms with van der Waals surface area (Å²) in [5.41, 5.74) is 1.44. The number of aromatic nitrogens is 2. The Hall–Kier alpha value is -1.74. The van der Waals surface area contributed by atoms with E-state index in [0.29, 0.717) is 10.8 Å². The number of esters is 1. The molecule has 1 aromatic rings. The average Bonchev–Trinajstić information content (AvgIpc) is 2.97. The second kappa shape index (κ2) is 7.22. The first-order valence-corrected chi connectivity index (χ1v) is 8.21. The molecule has 2 heterocycles. The van der Waals surface area contributed by atoms with Crippen LogP contribution in [0.4, 0.5) is 0 Å². The van der Waals surface area contributed by atoms with E-state index in [0.717, 1.165) is 5.56 Å². The molecule has 126 valence electrons. The Labute approximate surface area is 142 Å². The van der Waals surface area contributed by atoms with Gasteiger partial charge in [-0.05, 0) is 6.92 Å². The summed E-state index contributed by atoms with van der Waals surface area (Å²) < 4.78 is 5.98. The molecule has 1 aromatic heterocycles. The highest BCUT2D eigenvalue weighted by Gasteiger charge is 2.37. The first kappa shape index (κ1) is 17.6.